The van der Waals surface area contributed by atoms with Crippen LogP contribution in [0.25, 0.3) is 0 Å². The van der Waals surface area contributed by atoms with Crippen LogP contribution in [-0.4, -0.2) is 47.7 Å². The molecule has 1 saturated carbocycles. The molecular formula is C15H25N3O3. The van der Waals surface area contributed by atoms with Crippen LogP contribution in [0.2, 0.25) is 0 Å². The van der Waals surface area contributed by atoms with E-state index in [0.29, 0.717) is 38.0 Å². The quantitative estimate of drug-likeness (QED) is 0.348. The lowest BCUT2D eigenvalue weighted by Gasteiger charge is -2.44. The molecule has 1 amide bonds. The summed E-state index contributed by atoms with van der Waals surface area (Å²) < 4.78 is 5.38. The molecule has 3 N–H and O–H groups in total. The number of carbonyl (C=O) groups is 1. The zero-order chi connectivity index (χ0) is 14.9. The summed E-state index contributed by atoms with van der Waals surface area (Å²) in [5.74, 6) is 0.750. The van der Waals surface area contributed by atoms with E-state index in [1.807, 2.05) is 4.90 Å². The standard InChI is InChI=1S/C15H25N3O3/c16-13(17-20)15(6-9-21-10-7-15)14(19)18-8-2-4-11-3-1-5-12(11)18/h11-12,20H,1-10H2,(H2,16,17). The second-order valence-corrected chi connectivity index (χ2v) is 6.58. The third kappa shape index (κ3) is 2.39. The number of hydrogen-bond donors (Lipinski definition) is 2. The average Bonchev–Trinajstić information content (AvgIpc) is 3.02. The molecule has 0 bridgehead atoms. The number of nitrogens with zero attached hydrogens (tertiary/aromatic N) is 2. The number of amidine groups is 1. The van der Waals surface area contributed by atoms with Gasteiger partial charge >= 0.3 is 0 Å². The van der Waals surface area contributed by atoms with Crippen LogP contribution in [0.1, 0.15) is 44.9 Å². The van der Waals surface area contributed by atoms with Crippen molar-refractivity contribution in [2.24, 2.45) is 22.2 Å². The van der Waals surface area contributed by atoms with Crippen LogP contribution in [0.15, 0.2) is 5.16 Å². The predicted molar refractivity (Wildman–Crippen MR) is 78.0 cm³/mol. The molecule has 3 aliphatic rings. The first-order chi connectivity index (χ1) is 10.2. The molecule has 3 fully saturated rings. The SMILES string of the molecule is NC(=NO)C1(C(=O)N2CCCC3CCCC32)CCOCC1. The van der Waals surface area contributed by atoms with E-state index in [4.69, 9.17) is 15.7 Å². The van der Waals surface area contributed by atoms with E-state index < -0.39 is 5.41 Å². The highest BCUT2D eigenvalue weighted by atomic mass is 16.5. The highest BCUT2D eigenvalue weighted by Crippen LogP contribution is 2.41. The fraction of sp³-hybridized carbons (Fsp3) is 0.867. The fourth-order valence-corrected chi connectivity index (χ4v) is 4.38. The van der Waals surface area contributed by atoms with Crippen molar-refractivity contribution < 1.29 is 14.7 Å². The number of carbonyl (C=O) groups excluding carboxylic acids is 1. The summed E-state index contributed by atoms with van der Waals surface area (Å²) in [7, 11) is 0. The van der Waals surface area contributed by atoms with Crippen molar-refractivity contribution >= 4 is 11.7 Å². The van der Waals surface area contributed by atoms with E-state index in [0.717, 1.165) is 19.4 Å². The summed E-state index contributed by atoms with van der Waals surface area (Å²) in [5, 5.41) is 12.3. The van der Waals surface area contributed by atoms with E-state index in [9.17, 15) is 4.79 Å². The topological polar surface area (TPSA) is 88.2 Å². The van der Waals surface area contributed by atoms with Gasteiger partial charge in [0.15, 0.2) is 5.84 Å². The maximum absolute atomic E-state index is 13.2. The van der Waals surface area contributed by atoms with Gasteiger partial charge in [-0.2, -0.15) is 0 Å². The van der Waals surface area contributed by atoms with Gasteiger partial charge in [0.25, 0.3) is 0 Å². The van der Waals surface area contributed by atoms with E-state index in [-0.39, 0.29) is 11.7 Å². The Morgan fingerprint density at radius 3 is 2.67 bits per heavy atom. The molecular weight excluding hydrogens is 270 g/mol. The number of hydrogen-bond acceptors (Lipinski definition) is 4. The second-order valence-electron chi connectivity index (χ2n) is 6.58. The van der Waals surface area contributed by atoms with Gasteiger partial charge < -0.3 is 20.6 Å². The van der Waals surface area contributed by atoms with Crippen molar-refractivity contribution in [3.63, 3.8) is 0 Å². The van der Waals surface area contributed by atoms with Crippen molar-refractivity contribution in [3.8, 4) is 0 Å². The largest absolute Gasteiger partial charge is 0.409 e. The third-order valence-electron chi connectivity index (χ3n) is 5.61. The van der Waals surface area contributed by atoms with Crippen LogP contribution in [0.3, 0.4) is 0 Å². The van der Waals surface area contributed by atoms with Gasteiger partial charge in [-0.3, -0.25) is 4.79 Å². The lowest BCUT2D eigenvalue weighted by atomic mass is 9.76. The van der Waals surface area contributed by atoms with Gasteiger partial charge in [-0.05, 0) is 44.4 Å². The maximum Gasteiger partial charge on any atom is 0.236 e. The summed E-state index contributed by atoms with van der Waals surface area (Å²) in [6.07, 6.45) is 6.85. The first-order valence-corrected chi connectivity index (χ1v) is 8.06. The van der Waals surface area contributed by atoms with Gasteiger partial charge in [0.05, 0.1) is 0 Å². The molecule has 118 valence electrons. The first kappa shape index (κ1) is 14.6. The van der Waals surface area contributed by atoms with Crippen molar-refractivity contribution in [2.75, 3.05) is 19.8 Å². The molecule has 0 aromatic heterocycles. The van der Waals surface area contributed by atoms with Gasteiger partial charge in [-0.25, -0.2) is 0 Å². The summed E-state index contributed by atoms with van der Waals surface area (Å²) in [6.45, 7) is 1.79. The molecule has 2 aliphatic heterocycles. The Labute approximate surface area is 125 Å². The molecule has 2 saturated heterocycles. The highest BCUT2D eigenvalue weighted by Gasteiger charge is 2.50. The van der Waals surface area contributed by atoms with Crippen molar-refractivity contribution in [2.45, 2.75) is 51.0 Å². The number of oxime groups is 1. The van der Waals surface area contributed by atoms with Crippen LogP contribution < -0.4 is 5.73 Å². The molecule has 2 unspecified atom stereocenters. The molecule has 0 radical (unpaired) electrons. The lowest BCUT2D eigenvalue weighted by Crippen LogP contribution is -2.58. The molecule has 0 aromatic rings. The number of ether oxygens (including phenoxy) is 1. The summed E-state index contributed by atoms with van der Waals surface area (Å²) in [4.78, 5) is 15.2. The fourth-order valence-electron chi connectivity index (χ4n) is 4.38. The molecule has 6 nitrogen and oxygen atoms in total. The molecule has 21 heavy (non-hydrogen) atoms. The Hall–Kier alpha value is -1.30. The first-order valence-electron chi connectivity index (χ1n) is 8.06. The van der Waals surface area contributed by atoms with Crippen LogP contribution in [0, 0.1) is 11.3 Å². The van der Waals surface area contributed by atoms with Gasteiger partial charge in [0.2, 0.25) is 5.91 Å². The van der Waals surface area contributed by atoms with Crippen molar-refractivity contribution in [1.82, 2.24) is 4.90 Å². The van der Waals surface area contributed by atoms with Crippen LogP contribution in [-0.2, 0) is 9.53 Å². The third-order valence-corrected chi connectivity index (χ3v) is 5.61. The van der Waals surface area contributed by atoms with E-state index >= 15 is 0 Å². The summed E-state index contributed by atoms with van der Waals surface area (Å²) in [6, 6.07) is 0.359. The highest BCUT2D eigenvalue weighted by molar-refractivity contribution is 6.07. The minimum atomic E-state index is -0.864. The van der Waals surface area contributed by atoms with Crippen molar-refractivity contribution in [1.29, 1.82) is 0 Å². The number of amides is 1. The normalized spacial score (nSPS) is 32.8. The zero-order valence-corrected chi connectivity index (χ0v) is 12.5. The minimum Gasteiger partial charge on any atom is -0.409 e. The van der Waals surface area contributed by atoms with E-state index in [1.54, 1.807) is 0 Å². The number of likely N-dealkylation sites (tertiary alicyclic amines) is 1. The summed E-state index contributed by atoms with van der Waals surface area (Å²) >= 11 is 0. The molecule has 0 aromatic carbocycles. The number of nitrogens with two attached hydrogens (primary N) is 1. The lowest BCUT2D eigenvalue weighted by molar-refractivity contribution is -0.147. The average molecular weight is 295 g/mol. The molecule has 1 aliphatic carbocycles. The predicted octanol–water partition coefficient (Wildman–Crippen LogP) is 1.32. The Morgan fingerprint density at radius 2 is 1.95 bits per heavy atom. The van der Waals surface area contributed by atoms with Crippen LogP contribution in [0.4, 0.5) is 0 Å². The van der Waals surface area contributed by atoms with E-state index in [1.165, 1.54) is 19.3 Å². The number of rotatable bonds is 2. The smallest absolute Gasteiger partial charge is 0.236 e. The second kappa shape index (κ2) is 5.83. The van der Waals surface area contributed by atoms with Crippen LogP contribution in [0.5, 0.6) is 0 Å². The molecule has 2 heterocycles. The molecule has 2 atom stereocenters. The molecule has 6 heteroatoms. The van der Waals surface area contributed by atoms with Crippen molar-refractivity contribution in [3.05, 3.63) is 0 Å². The van der Waals surface area contributed by atoms with Gasteiger partial charge in [-0.15, -0.1) is 0 Å². The Morgan fingerprint density at radius 1 is 1.24 bits per heavy atom. The maximum atomic E-state index is 13.2. The van der Waals surface area contributed by atoms with Gasteiger partial charge in [0, 0.05) is 25.8 Å². The number of fused-ring (bicyclic) bond motifs is 1. The summed E-state index contributed by atoms with van der Waals surface area (Å²) in [5.41, 5.74) is 5.06. The Balaban J connectivity index is 1.86. The van der Waals surface area contributed by atoms with Gasteiger partial charge in [-0.1, -0.05) is 11.6 Å². The Bertz CT molecular complexity index is 432. The van der Waals surface area contributed by atoms with Gasteiger partial charge in [0.1, 0.15) is 5.41 Å². The van der Waals surface area contributed by atoms with E-state index in [2.05, 4.69) is 5.16 Å². The molecule has 3 rings (SSSR count). The minimum absolute atomic E-state index is 0.0518. The molecule has 0 spiro atoms. The number of piperidine rings is 1. The van der Waals surface area contributed by atoms with Crippen LogP contribution >= 0.6 is 0 Å². The Kier molecular flexibility index (Phi) is 4.06. The monoisotopic (exact) mass is 295 g/mol. The zero-order valence-electron chi connectivity index (χ0n) is 12.5.